The zero-order valence-electron chi connectivity index (χ0n) is 19.2. The molecule has 2 aromatic heterocycles. The number of amides is 1. The van der Waals surface area contributed by atoms with Crippen LogP contribution in [0.15, 0.2) is 30.3 Å². The summed E-state index contributed by atoms with van der Waals surface area (Å²) in [6.45, 7) is 3.96. The van der Waals surface area contributed by atoms with E-state index in [9.17, 15) is 4.79 Å². The van der Waals surface area contributed by atoms with E-state index in [0.29, 0.717) is 29.6 Å². The Labute approximate surface area is 192 Å². The topological polar surface area (TPSA) is 94.4 Å². The number of benzene rings is 1. The number of nitrogens with one attached hydrogen (secondary N) is 1. The zero-order chi connectivity index (χ0) is 22.9. The number of para-hydroxylation sites is 1. The molecular weight excluding hydrogens is 420 g/mol. The van der Waals surface area contributed by atoms with Crippen molar-refractivity contribution in [3.8, 4) is 17.3 Å². The highest BCUT2D eigenvalue weighted by atomic mass is 16.5. The predicted octanol–water partition coefficient (Wildman–Crippen LogP) is 3.45. The van der Waals surface area contributed by atoms with Crippen molar-refractivity contribution in [2.45, 2.75) is 38.5 Å². The van der Waals surface area contributed by atoms with Gasteiger partial charge in [-0.1, -0.05) is 12.1 Å². The first-order valence-corrected chi connectivity index (χ1v) is 11.3. The van der Waals surface area contributed by atoms with Gasteiger partial charge in [-0.3, -0.25) is 4.79 Å². The lowest BCUT2D eigenvalue weighted by molar-refractivity contribution is -0.116. The van der Waals surface area contributed by atoms with Gasteiger partial charge in [0.15, 0.2) is 23.1 Å². The molecule has 2 aliphatic heterocycles. The number of carbonyl (C=O) groups is 1. The van der Waals surface area contributed by atoms with Crippen LogP contribution in [0.25, 0.3) is 5.82 Å². The van der Waals surface area contributed by atoms with E-state index in [0.717, 1.165) is 35.7 Å². The fraction of sp³-hybridized carbons (Fsp3) is 0.417. The number of nitrogens with zero attached hydrogens (tertiary/aromatic N) is 5. The summed E-state index contributed by atoms with van der Waals surface area (Å²) in [6.07, 6.45) is 3.91. The summed E-state index contributed by atoms with van der Waals surface area (Å²) in [5, 5.41) is 16.6. The van der Waals surface area contributed by atoms with Crippen LogP contribution in [0.5, 0.6) is 11.5 Å². The third-order valence-corrected chi connectivity index (χ3v) is 6.44. The van der Waals surface area contributed by atoms with Crippen LogP contribution < -0.4 is 19.7 Å². The molecule has 2 aliphatic rings. The van der Waals surface area contributed by atoms with Gasteiger partial charge in [-0.15, -0.1) is 10.2 Å². The number of ether oxygens (including phenoxy) is 2. The second-order valence-electron chi connectivity index (χ2n) is 8.44. The van der Waals surface area contributed by atoms with Crippen LogP contribution in [-0.4, -0.2) is 53.2 Å². The molecular formula is C24H28N6O3. The van der Waals surface area contributed by atoms with E-state index in [-0.39, 0.29) is 11.8 Å². The molecule has 0 aliphatic carbocycles. The summed E-state index contributed by atoms with van der Waals surface area (Å²) in [6, 6.07) is 9.61. The molecule has 9 nitrogen and oxygen atoms in total. The number of anilines is 2. The van der Waals surface area contributed by atoms with Crippen molar-refractivity contribution in [3.63, 3.8) is 0 Å². The van der Waals surface area contributed by atoms with Gasteiger partial charge in [-0.25, -0.2) is 0 Å². The summed E-state index contributed by atoms with van der Waals surface area (Å²) in [5.74, 6) is 3.02. The number of methoxy groups -OCH3 is 2. The highest BCUT2D eigenvalue weighted by Crippen LogP contribution is 2.45. The standard InChI is InChI=1S/C24H28N6O3/c1-15-22-17(16-8-7-9-18(32-2)23(16)33-3)14-21(31)25-24(22)30(28-15)20-11-10-19(26-27-20)29-12-5-4-6-13-29/h7-11,17H,4-6,12-14H2,1-3H3,(H,25,31)/t17-/m1/s1. The van der Waals surface area contributed by atoms with Crippen LogP contribution in [0.3, 0.4) is 0 Å². The fourth-order valence-corrected chi connectivity index (χ4v) is 4.89. The maximum absolute atomic E-state index is 12.8. The third kappa shape index (κ3) is 3.77. The predicted molar refractivity (Wildman–Crippen MR) is 125 cm³/mol. The van der Waals surface area contributed by atoms with Crippen LogP contribution in [-0.2, 0) is 4.79 Å². The molecule has 0 saturated carbocycles. The van der Waals surface area contributed by atoms with Crippen molar-refractivity contribution in [2.75, 3.05) is 37.5 Å². The maximum atomic E-state index is 12.8. The monoisotopic (exact) mass is 448 g/mol. The van der Waals surface area contributed by atoms with Crippen LogP contribution in [0.4, 0.5) is 11.6 Å². The number of fused-ring (bicyclic) bond motifs is 1. The Morgan fingerprint density at radius 2 is 1.76 bits per heavy atom. The molecule has 0 unspecified atom stereocenters. The molecule has 0 radical (unpaired) electrons. The first-order chi connectivity index (χ1) is 16.1. The minimum Gasteiger partial charge on any atom is -0.493 e. The maximum Gasteiger partial charge on any atom is 0.226 e. The number of hydrogen-bond donors (Lipinski definition) is 1. The molecule has 1 N–H and O–H groups in total. The van der Waals surface area contributed by atoms with Crippen molar-refractivity contribution in [1.29, 1.82) is 0 Å². The molecule has 5 rings (SSSR count). The van der Waals surface area contributed by atoms with E-state index in [1.54, 1.807) is 18.9 Å². The lowest BCUT2D eigenvalue weighted by Crippen LogP contribution is -2.30. The Bertz CT molecular complexity index is 1170. The minimum absolute atomic E-state index is 0.0866. The number of carbonyl (C=O) groups excluding carboxylic acids is 1. The first-order valence-electron chi connectivity index (χ1n) is 11.3. The molecule has 1 saturated heterocycles. The molecule has 1 amide bonds. The Hall–Kier alpha value is -3.62. The van der Waals surface area contributed by atoms with E-state index >= 15 is 0 Å². The second kappa shape index (κ2) is 8.73. The SMILES string of the molecule is COc1cccc([C@H]2CC(=O)Nc3c2c(C)nn3-c2ccc(N3CCCCC3)nn2)c1OC. The van der Waals surface area contributed by atoms with E-state index < -0.39 is 0 Å². The molecule has 3 aromatic rings. The Kier molecular flexibility index (Phi) is 5.62. The number of rotatable bonds is 5. The van der Waals surface area contributed by atoms with Crippen molar-refractivity contribution < 1.29 is 14.3 Å². The number of piperidine rings is 1. The van der Waals surface area contributed by atoms with Crippen molar-refractivity contribution in [2.24, 2.45) is 0 Å². The van der Waals surface area contributed by atoms with Crippen LogP contribution >= 0.6 is 0 Å². The lowest BCUT2D eigenvalue weighted by atomic mass is 9.85. The number of hydrogen-bond acceptors (Lipinski definition) is 7. The number of aryl methyl sites for hydroxylation is 1. The summed E-state index contributed by atoms with van der Waals surface area (Å²) < 4.78 is 12.8. The Morgan fingerprint density at radius 3 is 2.45 bits per heavy atom. The van der Waals surface area contributed by atoms with Gasteiger partial charge in [0.25, 0.3) is 0 Å². The summed E-state index contributed by atoms with van der Waals surface area (Å²) in [5.41, 5.74) is 2.66. The van der Waals surface area contributed by atoms with Crippen molar-refractivity contribution >= 4 is 17.5 Å². The largest absolute Gasteiger partial charge is 0.493 e. The molecule has 9 heteroatoms. The third-order valence-electron chi connectivity index (χ3n) is 6.44. The zero-order valence-corrected chi connectivity index (χ0v) is 19.2. The Balaban J connectivity index is 1.55. The Morgan fingerprint density at radius 1 is 1.00 bits per heavy atom. The summed E-state index contributed by atoms with van der Waals surface area (Å²) in [7, 11) is 3.22. The van der Waals surface area contributed by atoms with Crippen LogP contribution in [0, 0.1) is 6.92 Å². The smallest absolute Gasteiger partial charge is 0.226 e. The molecule has 1 fully saturated rings. The minimum atomic E-state index is -0.215. The normalized spacial score (nSPS) is 18.0. The van der Waals surface area contributed by atoms with Crippen molar-refractivity contribution in [1.82, 2.24) is 20.0 Å². The average Bonchev–Trinajstić information content (AvgIpc) is 3.19. The molecule has 33 heavy (non-hydrogen) atoms. The van der Waals surface area contributed by atoms with Gasteiger partial charge in [0.05, 0.1) is 19.9 Å². The van der Waals surface area contributed by atoms with E-state index in [2.05, 4.69) is 20.4 Å². The average molecular weight is 449 g/mol. The molecule has 1 aromatic carbocycles. The summed E-state index contributed by atoms with van der Waals surface area (Å²) in [4.78, 5) is 15.0. The molecule has 1 atom stereocenters. The fourth-order valence-electron chi connectivity index (χ4n) is 4.89. The van der Waals surface area contributed by atoms with Gasteiger partial charge in [0.1, 0.15) is 5.82 Å². The second-order valence-corrected chi connectivity index (χ2v) is 8.44. The van der Waals surface area contributed by atoms with E-state index in [1.165, 1.54) is 19.3 Å². The summed E-state index contributed by atoms with van der Waals surface area (Å²) >= 11 is 0. The van der Waals surface area contributed by atoms with Crippen molar-refractivity contribution in [3.05, 3.63) is 47.2 Å². The first kappa shape index (κ1) is 21.2. The quantitative estimate of drug-likeness (QED) is 0.639. The van der Waals surface area contributed by atoms with Gasteiger partial charge < -0.3 is 19.7 Å². The number of aromatic nitrogens is 4. The highest BCUT2D eigenvalue weighted by Gasteiger charge is 2.35. The van der Waals surface area contributed by atoms with Gasteiger partial charge in [0, 0.05) is 36.6 Å². The molecule has 4 heterocycles. The van der Waals surface area contributed by atoms with Crippen LogP contribution in [0.1, 0.15) is 48.4 Å². The van der Waals surface area contributed by atoms with Gasteiger partial charge in [-0.05, 0) is 44.4 Å². The molecule has 0 spiro atoms. The van der Waals surface area contributed by atoms with Crippen LogP contribution in [0.2, 0.25) is 0 Å². The lowest BCUT2D eigenvalue weighted by Gasteiger charge is -2.27. The molecule has 0 bridgehead atoms. The highest BCUT2D eigenvalue weighted by molar-refractivity contribution is 5.95. The van der Waals surface area contributed by atoms with Gasteiger partial charge >= 0.3 is 0 Å². The molecule has 172 valence electrons. The van der Waals surface area contributed by atoms with Gasteiger partial charge in [-0.2, -0.15) is 9.78 Å². The van der Waals surface area contributed by atoms with E-state index in [1.807, 2.05) is 37.3 Å². The van der Waals surface area contributed by atoms with Gasteiger partial charge in [0.2, 0.25) is 5.91 Å². The van der Waals surface area contributed by atoms with E-state index in [4.69, 9.17) is 14.6 Å².